The molecular formula is C22H21IN6O4. The van der Waals surface area contributed by atoms with Gasteiger partial charge in [-0.05, 0) is 65.9 Å². The van der Waals surface area contributed by atoms with Crippen molar-refractivity contribution in [1.82, 2.24) is 19.6 Å². The highest BCUT2D eigenvalue weighted by Crippen LogP contribution is 2.21. The van der Waals surface area contributed by atoms with Gasteiger partial charge in [0.1, 0.15) is 23.8 Å². The monoisotopic (exact) mass is 560 g/mol. The van der Waals surface area contributed by atoms with Crippen molar-refractivity contribution >= 4 is 45.8 Å². The second kappa shape index (κ2) is 9.48. The summed E-state index contributed by atoms with van der Waals surface area (Å²) < 4.78 is 15.4. The Labute approximate surface area is 203 Å². The van der Waals surface area contributed by atoms with Gasteiger partial charge in [-0.15, -0.1) is 0 Å². The van der Waals surface area contributed by atoms with Crippen LogP contribution in [0.4, 0.5) is 11.4 Å². The topological polar surface area (TPSA) is 116 Å². The number of nitrogens with zero attached hydrogens (tertiary/aromatic N) is 4. The van der Waals surface area contributed by atoms with Crippen LogP contribution in [-0.2, 0) is 20.7 Å². The number of aryl methyl sites for hydroxylation is 2. The molecule has 0 aliphatic heterocycles. The van der Waals surface area contributed by atoms with Gasteiger partial charge in [0.15, 0.2) is 5.76 Å². The molecule has 0 saturated carbocycles. The van der Waals surface area contributed by atoms with Crippen LogP contribution in [0.1, 0.15) is 32.5 Å². The molecule has 0 unspecified atom stereocenters. The molecule has 0 spiro atoms. The Morgan fingerprint density at radius 2 is 1.64 bits per heavy atom. The van der Waals surface area contributed by atoms with Gasteiger partial charge in [0, 0.05) is 17.7 Å². The lowest BCUT2D eigenvalue weighted by Gasteiger charge is -2.08. The average Bonchev–Trinajstić information content (AvgIpc) is 3.49. The lowest BCUT2D eigenvalue weighted by atomic mass is 10.3. The third kappa shape index (κ3) is 5.08. The van der Waals surface area contributed by atoms with E-state index in [0.29, 0.717) is 17.2 Å². The van der Waals surface area contributed by atoms with E-state index in [1.165, 1.54) is 10.9 Å². The molecule has 4 aromatic rings. The predicted octanol–water partition coefficient (Wildman–Crippen LogP) is 3.74. The van der Waals surface area contributed by atoms with Gasteiger partial charge in [-0.3, -0.25) is 19.0 Å². The maximum Gasteiger partial charge on any atom is 0.291 e. The highest BCUT2D eigenvalue weighted by molar-refractivity contribution is 14.1. The molecule has 33 heavy (non-hydrogen) atoms. The summed E-state index contributed by atoms with van der Waals surface area (Å²) >= 11 is 2.22. The molecule has 3 heterocycles. The molecule has 0 aliphatic rings. The van der Waals surface area contributed by atoms with Gasteiger partial charge in [0.25, 0.3) is 11.8 Å². The Morgan fingerprint density at radius 3 is 2.33 bits per heavy atom. The first-order chi connectivity index (χ1) is 15.8. The van der Waals surface area contributed by atoms with Crippen LogP contribution in [-0.4, -0.2) is 31.4 Å². The zero-order valence-electron chi connectivity index (χ0n) is 18.1. The van der Waals surface area contributed by atoms with Crippen LogP contribution in [0.5, 0.6) is 5.75 Å². The fraction of sp³-hybridized carbons (Fsp3) is 0.182. The Morgan fingerprint density at radius 1 is 0.970 bits per heavy atom. The SMILES string of the molecule is Cc1c(NC(=O)c2c(NC(=O)c3ccc(COc4ccc(I)cc4)o3)cnn2C)cnn1C. The van der Waals surface area contributed by atoms with Crippen molar-refractivity contribution in [2.45, 2.75) is 13.5 Å². The summed E-state index contributed by atoms with van der Waals surface area (Å²) in [7, 11) is 3.40. The second-order valence-corrected chi connectivity index (χ2v) is 8.46. The van der Waals surface area contributed by atoms with E-state index in [1.54, 1.807) is 37.1 Å². The molecule has 2 amide bonds. The van der Waals surface area contributed by atoms with Crippen LogP contribution >= 0.6 is 22.6 Å². The zero-order chi connectivity index (χ0) is 23.5. The highest BCUT2D eigenvalue weighted by atomic mass is 127. The molecule has 11 heteroatoms. The van der Waals surface area contributed by atoms with Crippen LogP contribution in [0.2, 0.25) is 0 Å². The van der Waals surface area contributed by atoms with Crippen LogP contribution in [0.3, 0.4) is 0 Å². The summed E-state index contributed by atoms with van der Waals surface area (Å²) in [5, 5.41) is 13.7. The molecular weight excluding hydrogens is 539 g/mol. The molecule has 4 rings (SSSR count). The van der Waals surface area contributed by atoms with Gasteiger partial charge < -0.3 is 19.8 Å². The normalized spacial score (nSPS) is 10.8. The number of nitrogens with one attached hydrogen (secondary N) is 2. The number of furan rings is 1. The first-order valence-corrected chi connectivity index (χ1v) is 11.0. The Hall–Kier alpha value is -3.61. The van der Waals surface area contributed by atoms with E-state index in [-0.39, 0.29) is 23.7 Å². The molecule has 1 aromatic carbocycles. The Bertz CT molecular complexity index is 1300. The fourth-order valence-corrected chi connectivity index (χ4v) is 3.41. The van der Waals surface area contributed by atoms with Crippen LogP contribution in [0.15, 0.2) is 53.2 Å². The molecule has 3 aromatic heterocycles. The molecule has 0 radical (unpaired) electrons. The van der Waals surface area contributed by atoms with Crippen LogP contribution in [0.25, 0.3) is 0 Å². The van der Waals surface area contributed by atoms with E-state index in [1.807, 2.05) is 31.2 Å². The number of hydrogen-bond donors (Lipinski definition) is 2. The van der Waals surface area contributed by atoms with Gasteiger partial charge in [-0.1, -0.05) is 0 Å². The molecule has 0 bridgehead atoms. The number of benzene rings is 1. The van der Waals surface area contributed by atoms with Crippen molar-refractivity contribution in [2.24, 2.45) is 14.1 Å². The van der Waals surface area contributed by atoms with Crippen LogP contribution < -0.4 is 15.4 Å². The quantitative estimate of drug-likeness (QED) is 0.333. The van der Waals surface area contributed by atoms with E-state index in [9.17, 15) is 9.59 Å². The second-order valence-electron chi connectivity index (χ2n) is 7.21. The van der Waals surface area contributed by atoms with Crippen molar-refractivity contribution in [3.05, 3.63) is 75.3 Å². The Balaban J connectivity index is 1.42. The summed E-state index contributed by atoms with van der Waals surface area (Å²) in [6, 6.07) is 10.8. The third-order valence-electron chi connectivity index (χ3n) is 4.97. The largest absolute Gasteiger partial charge is 0.486 e. The molecule has 0 fully saturated rings. The number of carbonyl (C=O) groups is 2. The van der Waals surface area contributed by atoms with E-state index in [4.69, 9.17) is 9.15 Å². The molecule has 0 saturated heterocycles. The van der Waals surface area contributed by atoms with Gasteiger partial charge in [0.2, 0.25) is 0 Å². The van der Waals surface area contributed by atoms with Crippen molar-refractivity contribution in [1.29, 1.82) is 0 Å². The number of hydrogen-bond acceptors (Lipinski definition) is 6. The van der Waals surface area contributed by atoms with Gasteiger partial charge in [-0.2, -0.15) is 10.2 Å². The van der Waals surface area contributed by atoms with E-state index < -0.39 is 11.8 Å². The van der Waals surface area contributed by atoms with Gasteiger partial charge >= 0.3 is 0 Å². The van der Waals surface area contributed by atoms with Crippen molar-refractivity contribution in [3.63, 3.8) is 0 Å². The number of anilines is 2. The maximum absolute atomic E-state index is 12.8. The summed E-state index contributed by atoms with van der Waals surface area (Å²) in [4.78, 5) is 25.6. The number of ether oxygens (including phenoxy) is 1. The third-order valence-corrected chi connectivity index (χ3v) is 5.68. The van der Waals surface area contributed by atoms with Crippen LogP contribution in [0, 0.1) is 10.5 Å². The van der Waals surface area contributed by atoms with E-state index in [2.05, 4.69) is 43.4 Å². The van der Waals surface area contributed by atoms with Gasteiger partial charge in [-0.25, -0.2) is 0 Å². The lowest BCUT2D eigenvalue weighted by Crippen LogP contribution is -2.20. The molecule has 0 atom stereocenters. The van der Waals surface area contributed by atoms with E-state index in [0.717, 1.165) is 9.26 Å². The number of aromatic nitrogens is 4. The first kappa shape index (κ1) is 22.6. The van der Waals surface area contributed by atoms with Gasteiger partial charge in [0.05, 0.1) is 29.5 Å². The minimum Gasteiger partial charge on any atom is -0.486 e. The zero-order valence-corrected chi connectivity index (χ0v) is 20.3. The molecule has 170 valence electrons. The summed E-state index contributed by atoms with van der Waals surface area (Å²) in [5.41, 5.74) is 1.83. The van der Waals surface area contributed by atoms with E-state index >= 15 is 0 Å². The minimum absolute atomic E-state index is 0.0922. The molecule has 10 nitrogen and oxygen atoms in total. The Kier molecular flexibility index (Phi) is 6.49. The minimum atomic E-state index is -0.505. The van der Waals surface area contributed by atoms with Crippen molar-refractivity contribution in [2.75, 3.05) is 10.6 Å². The summed E-state index contributed by atoms with van der Waals surface area (Å²) in [5.74, 6) is 0.361. The molecule has 0 aliphatic carbocycles. The smallest absolute Gasteiger partial charge is 0.291 e. The summed E-state index contributed by atoms with van der Waals surface area (Å²) in [6.45, 7) is 2.02. The number of rotatable bonds is 7. The maximum atomic E-state index is 12.8. The predicted molar refractivity (Wildman–Crippen MR) is 129 cm³/mol. The number of carbonyl (C=O) groups excluding carboxylic acids is 2. The van der Waals surface area contributed by atoms with Crippen molar-refractivity contribution < 1.29 is 18.7 Å². The molecule has 2 N–H and O–H groups in total. The first-order valence-electron chi connectivity index (χ1n) is 9.92. The number of amides is 2. The number of halogens is 1. The fourth-order valence-electron chi connectivity index (χ4n) is 3.05. The average molecular weight is 560 g/mol. The lowest BCUT2D eigenvalue weighted by molar-refractivity contribution is 0.0992. The highest BCUT2D eigenvalue weighted by Gasteiger charge is 2.22. The summed E-state index contributed by atoms with van der Waals surface area (Å²) in [6.07, 6.45) is 2.97. The standard InChI is InChI=1S/C22H21IN6O4/c1-13-17(10-24-28(13)2)26-22(31)20-18(11-25-29(20)3)27-21(30)19-9-8-16(33-19)12-32-15-6-4-14(23)5-7-15/h4-11H,12H2,1-3H3,(H,26,31)(H,27,30). The van der Waals surface area contributed by atoms with Crippen molar-refractivity contribution in [3.8, 4) is 5.75 Å².